The Morgan fingerprint density at radius 2 is 1.84 bits per heavy atom. The van der Waals surface area contributed by atoms with Crippen LogP contribution in [0, 0.1) is 5.41 Å². The number of piperidine rings is 1. The van der Waals surface area contributed by atoms with Crippen LogP contribution in [-0.2, 0) is 6.18 Å². The van der Waals surface area contributed by atoms with Crippen LogP contribution in [0.25, 0.3) is 0 Å². The lowest BCUT2D eigenvalue weighted by atomic mass is 9.82. The van der Waals surface area contributed by atoms with Crippen molar-refractivity contribution in [1.29, 1.82) is 0 Å². The molecule has 0 saturated carbocycles. The SMILES string of the molecule is CC1(C)CCN(c2ncc(N)cc2C(F)(F)F)CC1. The van der Waals surface area contributed by atoms with Gasteiger partial charge in [-0.1, -0.05) is 13.8 Å². The van der Waals surface area contributed by atoms with Crippen LogP contribution >= 0.6 is 0 Å². The van der Waals surface area contributed by atoms with Gasteiger partial charge in [-0.25, -0.2) is 4.98 Å². The highest BCUT2D eigenvalue weighted by atomic mass is 19.4. The molecule has 1 aliphatic heterocycles. The molecule has 0 spiro atoms. The molecule has 1 aromatic heterocycles. The molecule has 0 atom stereocenters. The minimum atomic E-state index is -4.43. The summed E-state index contributed by atoms with van der Waals surface area (Å²) in [4.78, 5) is 5.60. The molecule has 2 heterocycles. The maximum absolute atomic E-state index is 13.0. The second-order valence-corrected chi connectivity index (χ2v) is 5.79. The number of rotatable bonds is 1. The molecule has 1 fully saturated rings. The van der Waals surface area contributed by atoms with Gasteiger partial charge in [0.05, 0.1) is 11.9 Å². The molecule has 3 nitrogen and oxygen atoms in total. The van der Waals surface area contributed by atoms with Gasteiger partial charge in [0.25, 0.3) is 0 Å². The molecule has 1 saturated heterocycles. The van der Waals surface area contributed by atoms with E-state index >= 15 is 0 Å². The molecule has 0 bridgehead atoms. The third-order valence-electron chi connectivity index (χ3n) is 3.61. The summed E-state index contributed by atoms with van der Waals surface area (Å²) in [5.41, 5.74) is 4.89. The zero-order chi connectivity index (χ0) is 14.3. The van der Waals surface area contributed by atoms with E-state index in [1.165, 1.54) is 6.20 Å². The van der Waals surface area contributed by atoms with Gasteiger partial charge in [0, 0.05) is 13.1 Å². The monoisotopic (exact) mass is 273 g/mol. The Bertz CT molecular complexity index is 459. The number of hydrogen-bond acceptors (Lipinski definition) is 3. The lowest BCUT2D eigenvalue weighted by molar-refractivity contribution is -0.137. The maximum atomic E-state index is 13.0. The number of alkyl halides is 3. The Balaban J connectivity index is 2.30. The first kappa shape index (κ1) is 14.0. The molecule has 1 aliphatic rings. The van der Waals surface area contributed by atoms with Gasteiger partial charge in [0.1, 0.15) is 11.4 Å². The van der Waals surface area contributed by atoms with Crippen LogP contribution in [0.3, 0.4) is 0 Å². The summed E-state index contributed by atoms with van der Waals surface area (Å²) in [5, 5.41) is 0. The van der Waals surface area contributed by atoms with Crippen LogP contribution in [0.2, 0.25) is 0 Å². The molecular formula is C13H18F3N3. The number of nitrogens with zero attached hydrogens (tertiary/aromatic N) is 2. The average molecular weight is 273 g/mol. The van der Waals surface area contributed by atoms with Crippen molar-refractivity contribution < 1.29 is 13.2 Å². The van der Waals surface area contributed by atoms with E-state index in [1.807, 2.05) is 0 Å². The fraction of sp³-hybridized carbons (Fsp3) is 0.615. The summed E-state index contributed by atoms with van der Waals surface area (Å²) >= 11 is 0. The highest BCUT2D eigenvalue weighted by molar-refractivity contribution is 5.55. The Morgan fingerprint density at radius 3 is 2.37 bits per heavy atom. The molecule has 0 aliphatic carbocycles. The average Bonchev–Trinajstić information content (AvgIpc) is 2.28. The third kappa shape index (κ3) is 3.11. The lowest BCUT2D eigenvalue weighted by Gasteiger charge is -2.38. The fourth-order valence-electron chi connectivity index (χ4n) is 2.26. The van der Waals surface area contributed by atoms with Crippen LogP contribution < -0.4 is 10.6 Å². The maximum Gasteiger partial charge on any atom is 0.420 e. The molecule has 1 aromatic rings. The number of nitrogens with two attached hydrogens (primary N) is 1. The molecule has 0 radical (unpaired) electrons. The van der Waals surface area contributed by atoms with E-state index in [0.29, 0.717) is 13.1 Å². The summed E-state index contributed by atoms with van der Waals surface area (Å²) in [6, 6.07) is 0.960. The van der Waals surface area contributed by atoms with Crippen LogP contribution in [-0.4, -0.2) is 18.1 Å². The first-order chi connectivity index (χ1) is 8.69. The van der Waals surface area contributed by atoms with Crippen molar-refractivity contribution >= 4 is 11.5 Å². The highest BCUT2D eigenvalue weighted by Crippen LogP contribution is 2.39. The minimum absolute atomic E-state index is 0.00259. The standard InChI is InChI=1S/C13H18F3N3/c1-12(2)3-5-19(6-4-12)11-10(13(14,15)16)7-9(17)8-18-11/h7-8H,3-6,17H2,1-2H3. The first-order valence-electron chi connectivity index (χ1n) is 6.27. The van der Waals surface area contributed by atoms with Gasteiger partial charge >= 0.3 is 6.18 Å². The number of hydrogen-bond donors (Lipinski definition) is 1. The van der Waals surface area contributed by atoms with Crippen molar-refractivity contribution in [2.75, 3.05) is 23.7 Å². The van der Waals surface area contributed by atoms with Crippen molar-refractivity contribution in [2.45, 2.75) is 32.9 Å². The van der Waals surface area contributed by atoms with Gasteiger partial charge in [-0.05, 0) is 24.3 Å². The number of nitrogen functional groups attached to an aromatic ring is 1. The molecule has 0 aromatic carbocycles. The summed E-state index contributed by atoms with van der Waals surface area (Å²) in [5.74, 6) is -0.00259. The minimum Gasteiger partial charge on any atom is -0.397 e. The zero-order valence-corrected chi connectivity index (χ0v) is 11.1. The van der Waals surface area contributed by atoms with E-state index in [2.05, 4.69) is 18.8 Å². The molecule has 2 N–H and O–H groups in total. The molecule has 6 heteroatoms. The molecule has 19 heavy (non-hydrogen) atoms. The second kappa shape index (κ2) is 4.58. The summed E-state index contributed by atoms with van der Waals surface area (Å²) in [6.07, 6.45) is -1.43. The van der Waals surface area contributed by atoms with Crippen molar-refractivity contribution in [3.05, 3.63) is 17.8 Å². The second-order valence-electron chi connectivity index (χ2n) is 5.79. The predicted molar refractivity (Wildman–Crippen MR) is 68.9 cm³/mol. The van der Waals surface area contributed by atoms with E-state index in [4.69, 9.17) is 5.73 Å². The smallest absolute Gasteiger partial charge is 0.397 e. The van der Waals surface area contributed by atoms with Gasteiger partial charge in [-0.15, -0.1) is 0 Å². The van der Waals surface area contributed by atoms with Gasteiger partial charge in [0.15, 0.2) is 0 Å². The number of pyridine rings is 1. The van der Waals surface area contributed by atoms with Crippen molar-refractivity contribution in [2.24, 2.45) is 5.41 Å². The fourth-order valence-corrected chi connectivity index (χ4v) is 2.26. The van der Waals surface area contributed by atoms with E-state index in [-0.39, 0.29) is 16.9 Å². The normalized spacial score (nSPS) is 19.5. The molecular weight excluding hydrogens is 255 g/mol. The highest BCUT2D eigenvalue weighted by Gasteiger charge is 2.37. The quantitative estimate of drug-likeness (QED) is 0.853. The van der Waals surface area contributed by atoms with E-state index in [0.717, 1.165) is 18.9 Å². The topological polar surface area (TPSA) is 42.2 Å². The van der Waals surface area contributed by atoms with Crippen molar-refractivity contribution in [3.63, 3.8) is 0 Å². The number of anilines is 2. The lowest BCUT2D eigenvalue weighted by Crippen LogP contribution is -2.38. The summed E-state index contributed by atoms with van der Waals surface area (Å²) < 4.78 is 39.0. The van der Waals surface area contributed by atoms with Crippen LogP contribution in [0.15, 0.2) is 12.3 Å². The van der Waals surface area contributed by atoms with Crippen LogP contribution in [0.4, 0.5) is 24.7 Å². The summed E-state index contributed by atoms with van der Waals surface area (Å²) in [6.45, 7) is 5.44. The first-order valence-corrected chi connectivity index (χ1v) is 6.27. The van der Waals surface area contributed by atoms with E-state index < -0.39 is 11.7 Å². The van der Waals surface area contributed by atoms with Crippen LogP contribution in [0.1, 0.15) is 32.3 Å². The van der Waals surface area contributed by atoms with Gasteiger partial charge < -0.3 is 10.6 Å². The van der Waals surface area contributed by atoms with Gasteiger partial charge in [-0.3, -0.25) is 0 Å². The van der Waals surface area contributed by atoms with Crippen molar-refractivity contribution in [1.82, 2.24) is 4.98 Å². The molecule has 0 amide bonds. The third-order valence-corrected chi connectivity index (χ3v) is 3.61. The number of halogens is 3. The van der Waals surface area contributed by atoms with E-state index in [1.54, 1.807) is 4.90 Å². The number of aromatic nitrogens is 1. The van der Waals surface area contributed by atoms with Crippen molar-refractivity contribution in [3.8, 4) is 0 Å². The molecule has 0 unspecified atom stereocenters. The molecule has 2 rings (SSSR count). The predicted octanol–water partition coefficient (Wildman–Crippen LogP) is 3.31. The summed E-state index contributed by atoms with van der Waals surface area (Å²) in [7, 11) is 0. The Labute approximate surface area is 110 Å². The Morgan fingerprint density at radius 1 is 1.26 bits per heavy atom. The molecule has 106 valence electrons. The largest absolute Gasteiger partial charge is 0.420 e. The van der Waals surface area contributed by atoms with E-state index in [9.17, 15) is 13.2 Å². The Hall–Kier alpha value is -1.46. The van der Waals surface area contributed by atoms with Gasteiger partial charge in [0.2, 0.25) is 0 Å². The Kier molecular flexibility index (Phi) is 3.36. The van der Waals surface area contributed by atoms with Crippen LogP contribution in [0.5, 0.6) is 0 Å². The van der Waals surface area contributed by atoms with Gasteiger partial charge in [-0.2, -0.15) is 13.2 Å². The zero-order valence-electron chi connectivity index (χ0n) is 11.1.